The Morgan fingerprint density at radius 1 is 1.36 bits per heavy atom. The molecule has 2 rings (SSSR count). The number of carbonyl (C=O) groups is 1. The van der Waals surface area contributed by atoms with Crippen molar-refractivity contribution in [1.82, 2.24) is 10.2 Å². The Hall–Kier alpha value is -1.91. The number of carbonyl (C=O) groups excluding carboxylic acids is 1. The van der Waals surface area contributed by atoms with Gasteiger partial charge in [0.25, 0.3) is 0 Å². The second kappa shape index (κ2) is 8.45. The normalized spacial score (nSPS) is 12.4. The summed E-state index contributed by atoms with van der Waals surface area (Å²) in [6.45, 7) is 6.02. The summed E-state index contributed by atoms with van der Waals surface area (Å²) in [7, 11) is -3.34. The first-order chi connectivity index (χ1) is 11.8. The van der Waals surface area contributed by atoms with Crippen molar-refractivity contribution in [3.05, 3.63) is 42.5 Å². The fourth-order valence-electron chi connectivity index (χ4n) is 1.84. The van der Waals surface area contributed by atoms with Gasteiger partial charge in [0.15, 0.2) is 10.1 Å². The zero-order chi connectivity index (χ0) is 18.4. The number of anilines is 2. The predicted molar refractivity (Wildman–Crippen MR) is 103 cm³/mol. The summed E-state index contributed by atoms with van der Waals surface area (Å²) in [6.07, 6.45) is 2.80. The van der Waals surface area contributed by atoms with Crippen LogP contribution < -0.4 is 10.0 Å². The molecule has 0 fully saturated rings. The fraction of sp³-hybridized carbons (Fsp3) is 0.267. The average molecular weight is 399 g/mol. The third-order valence-corrected chi connectivity index (χ3v) is 5.60. The van der Waals surface area contributed by atoms with Gasteiger partial charge in [-0.2, -0.15) is 0 Å². The molecule has 0 aliphatic rings. The summed E-state index contributed by atoms with van der Waals surface area (Å²) in [4.78, 5) is 12.5. The van der Waals surface area contributed by atoms with Crippen LogP contribution in [0.4, 0.5) is 10.8 Å². The van der Waals surface area contributed by atoms with E-state index in [0.29, 0.717) is 27.3 Å². The maximum Gasteiger partial charge on any atom is 0.229 e. The first-order valence-corrected chi connectivity index (χ1v) is 10.8. The van der Waals surface area contributed by atoms with Gasteiger partial charge in [-0.3, -0.25) is 9.52 Å². The molecule has 0 saturated heterocycles. The van der Waals surface area contributed by atoms with E-state index >= 15 is 0 Å². The van der Waals surface area contributed by atoms with Gasteiger partial charge >= 0.3 is 0 Å². The topological polar surface area (TPSA) is 101 Å². The SMILES string of the molecule is C=CCNc1nnc(S[C@H](C)C(=O)c2ccc(NS(C)(=O)=O)cc2)s1. The maximum atomic E-state index is 12.5. The number of aromatic nitrogens is 2. The van der Waals surface area contributed by atoms with Gasteiger partial charge in [0.1, 0.15) is 0 Å². The van der Waals surface area contributed by atoms with Crippen LogP contribution in [0.15, 0.2) is 41.3 Å². The lowest BCUT2D eigenvalue weighted by Crippen LogP contribution is -2.14. The van der Waals surface area contributed by atoms with Crippen LogP contribution in [0.5, 0.6) is 0 Å². The number of sulfonamides is 1. The summed E-state index contributed by atoms with van der Waals surface area (Å²) in [5, 5.41) is 11.4. The van der Waals surface area contributed by atoms with E-state index in [0.717, 1.165) is 6.26 Å². The fourth-order valence-corrected chi connectivity index (χ4v) is 4.39. The molecule has 0 amide bonds. The van der Waals surface area contributed by atoms with E-state index < -0.39 is 10.0 Å². The molecule has 1 atom stereocenters. The Morgan fingerprint density at radius 2 is 2.04 bits per heavy atom. The molecular formula is C15H18N4O3S3. The predicted octanol–water partition coefficient (Wildman–Crippen LogP) is 2.87. The lowest BCUT2D eigenvalue weighted by atomic mass is 10.1. The van der Waals surface area contributed by atoms with Crippen molar-refractivity contribution in [2.45, 2.75) is 16.5 Å². The summed E-state index contributed by atoms with van der Waals surface area (Å²) in [6, 6.07) is 6.33. The molecule has 2 N–H and O–H groups in total. The first-order valence-electron chi connectivity index (χ1n) is 7.25. The third-order valence-electron chi connectivity index (χ3n) is 2.92. The molecular weight excluding hydrogens is 380 g/mol. The summed E-state index contributed by atoms with van der Waals surface area (Å²) in [5.41, 5.74) is 0.926. The number of nitrogens with zero attached hydrogens (tertiary/aromatic N) is 2. The smallest absolute Gasteiger partial charge is 0.229 e. The molecule has 10 heteroatoms. The van der Waals surface area contributed by atoms with Gasteiger partial charge in [-0.15, -0.1) is 16.8 Å². The van der Waals surface area contributed by atoms with Crippen molar-refractivity contribution in [2.24, 2.45) is 0 Å². The van der Waals surface area contributed by atoms with E-state index in [4.69, 9.17) is 0 Å². The van der Waals surface area contributed by atoms with Crippen molar-refractivity contribution in [3.63, 3.8) is 0 Å². The maximum absolute atomic E-state index is 12.5. The minimum atomic E-state index is -3.34. The van der Waals surface area contributed by atoms with Crippen LogP contribution in [0.2, 0.25) is 0 Å². The summed E-state index contributed by atoms with van der Waals surface area (Å²) >= 11 is 2.71. The number of thioether (sulfide) groups is 1. The van der Waals surface area contributed by atoms with E-state index in [1.165, 1.54) is 23.1 Å². The van der Waals surface area contributed by atoms with Crippen molar-refractivity contribution in [3.8, 4) is 0 Å². The zero-order valence-electron chi connectivity index (χ0n) is 13.7. The lowest BCUT2D eigenvalue weighted by Gasteiger charge is -2.09. The van der Waals surface area contributed by atoms with Gasteiger partial charge < -0.3 is 5.32 Å². The molecule has 0 bridgehead atoms. The standard InChI is InChI=1S/C15H18N4O3S3/c1-4-9-16-14-17-18-15(24-14)23-10(2)13(20)11-5-7-12(8-6-11)19-25(3,21)22/h4-8,10,19H,1,9H2,2-3H3,(H,16,17)/t10-/m1/s1. The molecule has 1 aromatic carbocycles. The van der Waals surface area contributed by atoms with Gasteiger partial charge in [-0.1, -0.05) is 29.2 Å². The van der Waals surface area contributed by atoms with Gasteiger partial charge in [-0.05, 0) is 31.2 Å². The molecule has 1 heterocycles. The zero-order valence-corrected chi connectivity index (χ0v) is 16.2. The second-order valence-corrected chi connectivity index (χ2v) is 9.43. The lowest BCUT2D eigenvalue weighted by molar-refractivity contribution is 0.0994. The Morgan fingerprint density at radius 3 is 2.64 bits per heavy atom. The van der Waals surface area contributed by atoms with Crippen molar-refractivity contribution < 1.29 is 13.2 Å². The largest absolute Gasteiger partial charge is 0.357 e. The molecule has 0 aliphatic heterocycles. The number of hydrogen-bond acceptors (Lipinski definition) is 8. The van der Waals surface area contributed by atoms with Gasteiger partial charge in [0, 0.05) is 17.8 Å². The van der Waals surface area contributed by atoms with Crippen LogP contribution in [0.25, 0.3) is 0 Å². The Balaban J connectivity index is 1.99. The van der Waals surface area contributed by atoms with Crippen LogP contribution in [0.3, 0.4) is 0 Å². The molecule has 0 radical (unpaired) electrons. The van der Waals surface area contributed by atoms with Gasteiger partial charge in [0.2, 0.25) is 15.2 Å². The number of ketones is 1. The van der Waals surface area contributed by atoms with Gasteiger partial charge in [0.05, 0.1) is 11.5 Å². The van der Waals surface area contributed by atoms with Crippen LogP contribution in [-0.4, -0.2) is 42.4 Å². The number of Topliss-reactive ketones (excluding diaryl/α,β-unsaturated/α-hetero) is 1. The van der Waals surface area contributed by atoms with E-state index in [1.54, 1.807) is 37.3 Å². The second-order valence-electron chi connectivity index (χ2n) is 5.12. The van der Waals surface area contributed by atoms with Gasteiger partial charge in [-0.25, -0.2) is 8.42 Å². The molecule has 134 valence electrons. The Labute approximate surface area is 155 Å². The number of hydrogen-bond donors (Lipinski definition) is 2. The highest BCUT2D eigenvalue weighted by atomic mass is 32.2. The van der Waals surface area contributed by atoms with Crippen LogP contribution in [0.1, 0.15) is 17.3 Å². The van der Waals surface area contributed by atoms with Crippen molar-refractivity contribution in [2.75, 3.05) is 22.8 Å². The Bertz CT molecular complexity index is 847. The van der Waals surface area contributed by atoms with Crippen LogP contribution in [0, 0.1) is 0 Å². The monoisotopic (exact) mass is 398 g/mol. The van der Waals surface area contributed by atoms with Crippen LogP contribution in [-0.2, 0) is 10.0 Å². The highest BCUT2D eigenvalue weighted by Gasteiger charge is 2.19. The third kappa shape index (κ3) is 6.15. The molecule has 0 spiro atoms. The minimum absolute atomic E-state index is 0.0632. The van der Waals surface area contributed by atoms with E-state index in [2.05, 4.69) is 26.8 Å². The highest BCUT2D eigenvalue weighted by molar-refractivity contribution is 8.02. The number of benzene rings is 1. The molecule has 7 nitrogen and oxygen atoms in total. The molecule has 0 saturated carbocycles. The summed E-state index contributed by atoms with van der Waals surface area (Å²) < 4.78 is 25.4. The first kappa shape index (κ1) is 19.4. The quantitative estimate of drug-likeness (QED) is 0.380. The molecule has 2 aromatic rings. The summed E-state index contributed by atoms with van der Waals surface area (Å²) in [5.74, 6) is -0.0632. The van der Waals surface area contributed by atoms with Crippen molar-refractivity contribution in [1.29, 1.82) is 0 Å². The number of nitrogens with one attached hydrogen (secondary N) is 2. The minimum Gasteiger partial charge on any atom is -0.357 e. The van der Waals surface area contributed by atoms with E-state index in [-0.39, 0.29) is 11.0 Å². The van der Waals surface area contributed by atoms with Crippen molar-refractivity contribution >= 4 is 49.7 Å². The highest BCUT2D eigenvalue weighted by Crippen LogP contribution is 2.30. The average Bonchev–Trinajstić information content (AvgIpc) is 2.98. The molecule has 1 aromatic heterocycles. The van der Waals surface area contributed by atoms with E-state index in [9.17, 15) is 13.2 Å². The molecule has 0 unspecified atom stereocenters. The number of rotatable bonds is 9. The molecule has 0 aliphatic carbocycles. The Kier molecular flexibility index (Phi) is 6.57. The van der Waals surface area contributed by atoms with Crippen LogP contribution >= 0.6 is 23.1 Å². The van der Waals surface area contributed by atoms with E-state index in [1.807, 2.05) is 0 Å². The molecule has 25 heavy (non-hydrogen) atoms.